The van der Waals surface area contributed by atoms with E-state index in [0.29, 0.717) is 13.1 Å². The molecule has 0 radical (unpaired) electrons. The van der Waals surface area contributed by atoms with Gasteiger partial charge in [-0.2, -0.15) is 9.40 Å². The molecule has 2 heterocycles. The fraction of sp³-hybridized carbons (Fsp3) is 0.667. The van der Waals surface area contributed by atoms with Crippen LogP contribution in [0.15, 0.2) is 17.3 Å². The maximum absolute atomic E-state index is 12.1. The Morgan fingerprint density at radius 1 is 1.38 bits per heavy atom. The van der Waals surface area contributed by atoms with Gasteiger partial charge in [-0.05, 0) is 6.54 Å². The molecule has 0 aromatic carbocycles. The van der Waals surface area contributed by atoms with Gasteiger partial charge in [0.1, 0.15) is 4.90 Å². The van der Waals surface area contributed by atoms with E-state index in [1.54, 1.807) is 0 Å². The SMILES string of the molecule is CCN1CCN(S(=O)(=O)c2cn[nH]c2)CC1. The van der Waals surface area contributed by atoms with Crippen LogP contribution in [0.5, 0.6) is 0 Å². The standard InChI is InChI=1S/C9H16N4O2S/c1-2-12-3-5-13(6-4-12)16(14,15)9-7-10-11-8-9/h7-8H,2-6H2,1H3,(H,10,11). The molecule has 0 amide bonds. The predicted octanol–water partition coefficient (Wildman–Crippen LogP) is -0.264. The van der Waals surface area contributed by atoms with Crippen LogP contribution in [0.2, 0.25) is 0 Å². The van der Waals surface area contributed by atoms with Crippen molar-refractivity contribution < 1.29 is 8.42 Å². The molecule has 1 saturated heterocycles. The van der Waals surface area contributed by atoms with Gasteiger partial charge in [0.05, 0.1) is 6.20 Å². The summed E-state index contributed by atoms with van der Waals surface area (Å²) in [5.74, 6) is 0. The van der Waals surface area contributed by atoms with Crippen LogP contribution in [0.4, 0.5) is 0 Å². The number of nitrogens with zero attached hydrogens (tertiary/aromatic N) is 3. The van der Waals surface area contributed by atoms with Gasteiger partial charge in [0.2, 0.25) is 10.0 Å². The van der Waals surface area contributed by atoms with Crippen LogP contribution in [-0.2, 0) is 10.0 Å². The maximum Gasteiger partial charge on any atom is 0.246 e. The minimum Gasteiger partial charge on any atom is -0.301 e. The molecule has 0 unspecified atom stereocenters. The predicted molar refractivity (Wildman–Crippen MR) is 59.5 cm³/mol. The van der Waals surface area contributed by atoms with Crippen molar-refractivity contribution in [2.24, 2.45) is 0 Å². The van der Waals surface area contributed by atoms with E-state index in [0.717, 1.165) is 19.6 Å². The van der Waals surface area contributed by atoms with Gasteiger partial charge in [-0.3, -0.25) is 5.10 Å². The minimum absolute atomic E-state index is 0.248. The third kappa shape index (κ3) is 2.11. The quantitative estimate of drug-likeness (QED) is 0.795. The Kier molecular flexibility index (Phi) is 3.27. The number of aromatic amines is 1. The van der Waals surface area contributed by atoms with E-state index in [-0.39, 0.29) is 4.90 Å². The topological polar surface area (TPSA) is 69.3 Å². The fourth-order valence-corrected chi connectivity index (χ4v) is 3.14. The summed E-state index contributed by atoms with van der Waals surface area (Å²) in [5.41, 5.74) is 0. The third-order valence-corrected chi connectivity index (χ3v) is 4.75. The van der Waals surface area contributed by atoms with Crippen molar-refractivity contribution in [1.29, 1.82) is 0 Å². The van der Waals surface area contributed by atoms with Crippen molar-refractivity contribution >= 4 is 10.0 Å². The number of hydrogen-bond donors (Lipinski definition) is 1. The van der Waals surface area contributed by atoms with Crippen LogP contribution >= 0.6 is 0 Å². The zero-order valence-electron chi connectivity index (χ0n) is 9.26. The van der Waals surface area contributed by atoms with Crippen LogP contribution in [0.1, 0.15) is 6.92 Å². The van der Waals surface area contributed by atoms with Crippen molar-refractivity contribution in [2.45, 2.75) is 11.8 Å². The molecule has 1 N–H and O–H groups in total. The molecule has 1 fully saturated rings. The highest BCUT2D eigenvalue weighted by atomic mass is 32.2. The molecule has 0 aliphatic carbocycles. The molecule has 6 nitrogen and oxygen atoms in total. The lowest BCUT2D eigenvalue weighted by atomic mass is 10.4. The first kappa shape index (κ1) is 11.6. The first-order valence-electron chi connectivity index (χ1n) is 5.36. The second-order valence-electron chi connectivity index (χ2n) is 3.77. The van der Waals surface area contributed by atoms with Gasteiger partial charge in [0, 0.05) is 32.4 Å². The molecule has 2 rings (SSSR count). The summed E-state index contributed by atoms with van der Waals surface area (Å²) in [7, 11) is -3.34. The zero-order valence-corrected chi connectivity index (χ0v) is 10.1. The average molecular weight is 244 g/mol. The second-order valence-corrected chi connectivity index (χ2v) is 5.71. The molecule has 1 aliphatic heterocycles. The molecule has 1 aliphatic rings. The van der Waals surface area contributed by atoms with Gasteiger partial charge in [-0.15, -0.1) is 0 Å². The molecule has 1 aromatic heterocycles. The second kappa shape index (κ2) is 4.52. The van der Waals surface area contributed by atoms with Crippen LogP contribution in [-0.4, -0.2) is 60.5 Å². The highest BCUT2D eigenvalue weighted by Gasteiger charge is 2.28. The summed E-state index contributed by atoms with van der Waals surface area (Å²) in [6.07, 6.45) is 2.77. The van der Waals surface area contributed by atoms with Gasteiger partial charge >= 0.3 is 0 Å². The van der Waals surface area contributed by atoms with Gasteiger partial charge in [0.25, 0.3) is 0 Å². The lowest BCUT2D eigenvalue weighted by Crippen LogP contribution is -2.48. The Bertz CT molecular complexity index is 420. The monoisotopic (exact) mass is 244 g/mol. The Balaban J connectivity index is 2.09. The van der Waals surface area contributed by atoms with E-state index in [4.69, 9.17) is 0 Å². The number of piperazine rings is 1. The van der Waals surface area contributed by atoms with Gasteiger partial charge < -0.3 is 4.90 Å². The smallest absolute Gasteiger partial charge is 0.246 e. The molecule has 90 valence electrons. The molecule has 0 atom stereocenters. The maximum atomic E-state index is 12.1. The molecule has 0 spiro atoms. The van der Waals surface area contributed by atoms with Gasteiger partial charge in [0.15, 0.2) is 0 Å². The molecular weight excluding hydrogens is 228 g/mol. The first-order valence-corrected chi connectivity index (χ1v) is 6.80. The minimum atomic E-state index is -3.34. The lowest BCUT2D eigenvalue weighted by Gasteiger charge is -2.32. The van der Waals surface area contributed by atoms with E-state index in [1.807, 2.05) is 0 Å². The number of H-pyrrole nitrogens is 1. The average Bonchev–Trinajstić information content (AvgIpc) is 2.83. The van der Waals surface area contributed by atoms with Crippen LogP contribution in [0.3, 0.4) is 0 Å². The number of aromatic nitrogens is 2. The molecule has 1 aromatic rings. The Morgan fingerprint density at radius 2 is 2.06 bits per heavy atom. The van der Waals surface area contributed by atoms with E-state index >= 15 is 0 Å². The van der Waals surface area contributed by atoms with Crippen LogP contribution in [0, 0.1) is 0 Å². The lowest BCUT2D eigenvalue weighted by molar-refractivity contribution is 0.196. The van der Waals surface area contributed by atoms with Crippen molar-refractivity contribution in [1.82, 2.24) is 19.4 Å². The molecule has 16 heavy (non-hydrogen) atoms. The summed E-state index contributed by atoms with van der Waals surface area (Å²) < 4.78 is 25.7. The van der Waals surface area contributed by atoms with Crippen LogP contribution in [0.25, 0.3) is 0 Å². The summed E-state index contributed by atoms with van der Waals surface area (Å²) in [6, 6.07) is 0. The number of sulfonamides is 1. The van der Waals surface area contributed by atoms with Crippen molar-refractivity contribution in [3.8, 4) is 0 Å². The van der Waals surface area contributed by atoms with Crippen LogP contribution < -0.4 is 0 Å². The zero-order chi connectivity index (χ0) is 11.6. The van der Waals surface area contributed by atoms with E-state index < -0.39 is 10.0 Å². The summed E-state index contributed by atoms with van der Waals surface area (Å²) >= 11 is 0. The number of hydrogen-bond acceptors (Lipinski definition) is 4. The number of nitrogens with one attached hydrogen (secondary N) is 1. The molecular formula is C9H16N4O2S. The molecule has 7 heteroatoms. The highest BCUT2D eigenvalue weighted by Crippen LogP contribution is 2.15. The largest absolute Gasteiger partial charge is 0.301 e. The van der Waals surface area contributed by atoms with E-state index in [2.05, 4.69) is 22.0 Å². The highest BCUT2D eigenvalue weighted by molar-refractivity contribution is 7.89. The summed E-state index contributed by atoms with van der Waals surface area (Å²) in [4.78, 5) is 2.49. The fourth-order valence-electron chi connectivity index (χ4n) is 1.82. The van der Waals surface area contributed by atoms with E-state index in [1.165, 1.54) is 16.7 Å². The Hall–Kier alpha value is -0.920. The summed E-state index contributed by atoms with van der Waals surface area (Å²) in [5, 5.41) is 6.20. The number of likely N-dealkylation sites (N-methyl/N-ethyl adjacent to an activating group) is 1. The number of rotatable bonds is 3. The first-order chi connectivity index (χ1) is 7.64. The van der Waals surface area contributed by atoms with Crippen molar-refractivity contribution in [3.05, 3.63) is 12.4 Å². The summed E-state index contributed by atoms with van der Waals surface area (Å²) in [6.45, 7) is 5.77. The van der Waals surface area contributed by atoms with Crippen molar-refractivity contribution in [2.75, 3.05) is 32.7 Å². The third-order valence-electron chi connectivity index (χ3n) is 2.89. The normalized spacial score (nSPS) is 20.1. The molecule has 0 bridgehead atoms. The van der Waals surface area contributed by atoms with Gasteiger partial charge in [-0.1, -0.05) is 6.92 Å². The Morgan fingerprint density at radius 3 is 2.56 bits per heavy atom. The van der Waals surface area contributed by atoms with Gasteiger partial charge in [-0.25, -0.2) is 8.42 Å². The Labute approximate surface area is 95.3 Å². The molecule has 0 saturated carbocycles. The van der Waals surface area contributed by atoms with Crippen molar-refractivity contribution in [3.63, 3.8) is 0 Å². The van der Waals surface area contributed by atoms with E-state index in [9.17, 15) is 8.42 Å².